The lowest BCUT2D eigenvalue weighted by Crippen LogP contribution is -2.45. The van der Waals surface area contributed by atoms with Gasteiger partial charge in [-0.05, 0) is 18.8 Å². The van der Waals surface area contributed by atoms with Gasteiger partial charge in [-0.1, -0.05) is 0 Å². The van der Waals surface area contributed by atoms with Gasteiger partial charge in [-0.15, -0.1) is 11.6 Å². The Balaban J connectivity index is 2.15. The van der Waals surface area contributed by atoms with Crippen molar-refractivity contribution in [2.45, 2.75) is 31.5 Å². The summed E-state index contributed by atoms with van der Waals surface area (Å²) in [5, 5.41) is 2.54. The van der Waals surface area contributed by atoms with E-state index in [1.54, 1.807) is 0 Å². The van der Waals surface area contributed by atoms with E-state index in [4.69, 9.17) is 11.6 Å². The Labute approximate surface area is 84.8 Å². The first-order valence-electron chi connectivity index (χ1n) is 4.33. The molecule has 0 heterocycles. The number of nitrogens with one attached hydrogen (secondary N) is 1. The molecule has 0 aromatic rings. The molecule has 1 aliphatic carbocycles. The van der Waals surface area contributed by atoms with Crippen LogP contribution >= 0.6 is 11.6 Å². The number of carbonyl (C=O) groups excluding carboxylic acids is 1. The summed E-state index contributed by atoms with van der Waals surface area (Å²) in [7, 11) is 0. The molecule has 0 aromatic heterocycles. The second kappa shape index (κ2) is 4.38. The standard InChI is InChI=1S/C8H11ClF3NO/c9-4-7(14)13-6-1-5(2-6)3-8(10,11)12/h5-6H,1-4H2,(H,13,14). The Morgan fingerprint density at radius 1 is 1.43 bits per heavy atom. The number of carbonyl (C=O) groups is 1. The second-order valence-corrected chi connectivity index (χ2v) is 3.82. The molecule has 1 saturated carbocycles. The van der Waals surface area contributed by atoms with Crippen molar-refractivity contribution < 1.29 is 18.0 Å². The van der Waals surface area contributed by atoms with Gasteiger partial charge in [0.2, 0.25) is 5.91 Å². The predicted octanol–water partition coefficient (Wildman–Crippen LogP) is 2.07. The molecule has 0 radical (unpaired) electrons. The molecule has 1 rings (SSSR count). The molecule has 14 heavy (non-hydrogen) atoms. The third kappa shape index (κ3) is 3.74. The number of amides is 1. The van der Waals surface area contributed by atoms with Crippen molar-refractivity contribution in [1.82, 2.24) is 5.32 Å². The van der Waals surface area contributed by atoms with Crippen LogP contribution in [-0.2, 0) is 4.79 Å². The maximum atomic E-state index is 11.9. The van der Waals surface area contributed by atoms with Crippen LogP contribution in [0.1, 0.15) is 19.3 Å². The lowest BCUT2D eigenvalue weighted by molar-refractivity contribution is -0.151. The molecular formula is C8H11ClF3NO. The SMILES string of the molecule is O=C(CCl)NC1CC(CC(F)(F)F)C1. The zero-order valence-electron chi connectivity index (χ0n) is 7.40. The van der Waals surface area contributed by atoms with Crippen molar-refractivity contribution in [3.05, 3.63) is 0 Å². The van der Waals surface area contributed by atoms with Crippen molar-refractivity contribution in [2.24, 2.45) is 5.92 Å². The zero-order chi connectivity index (χ0) is 10.8. The summed E-state index contributed by atoms with van der Waals surface area (Å²) in [5.74, 6) is -0.793. The molecule has 0 unspecified atom stereocenters. The molecule has 82 valence electrons. The van der Waals surface area contributed by atoms with Crippen molar-refractivity contribution >= 4 is 17.5 Å². The largest absolute Gasteiger partial charge is 0.389 e. The van der Waals surface area contributed by atoms with Crippen LogP contribution in [0.2, 0.25) is 0 Å². The summed E-state index contributed by atoms with van der Waals surface area (Å²) >= 11 is 5.23. The molecule has 2 nitrogen and oxygen atoms in total. The van der Waals surface area contributed by atoms with E-state index in [1.165, 1.54) is 0 Å². The minimum Gasteiger partial charge on any atom is -0.352 e. The van der Waals surface area contributed by atoms with Crippen molar-refractivity contribution in [1.29, 1.82) is 0 Å². The van der Waals surface area contributed by atoms with Gasteiger partial charge in [0.15, 0.2) is 0 Å². The van der Waals surface area contributed by atoms with Crippen molar-refractivity contribution in [2.75, 3.05) is 5.88 Å². The fraction of sp³-hybridized carbons (Fsp3) is 0.875. The number of alkyl halides is 4. The quantitative estimate of drug-likeness (QED) is 0.738. The number of hydrogen-bond donors (Lipinski definition) is 1. The summed E-state index contributed by atoms with van der Waals surface area (Å²) in [6, 6.07) is -0.117. The van der Waals surface area contributed by atoms with Crippen molar-refractivity contribution in [3.63, 3.8) is 0 Å². The first kappa shape index (κ1) is 11.6. The van der Waals surface area contributed by atoms with Gasteiger partial charge < -0.3 is 5.32 Å². The second-order valence-electron chi connectivity index (χ2n) is 3.55. The maximum absolute atomic E-state index is 11.9. The summed E-state index contributed by atoms with van der Waals surface area (Å²) in [6.07, 6.45) is -4.03. The molecule has 0 saturated heterocycles. The molecule has 0 spiro atoms. The predicted molar refractivity (Wildman–Crippen MR) is 46.0 cm³/mol. The average Bonchev–Trinajstić information content (AvgIpc) is 1.97. The Morgan fingerprint density at radius 2 is 2.00 bits per heavy atom. The number of rotatable bonds is 3. The average molecular weight is 230 g/mol. The van der Waals surface area contributed by atoms with E-state index in [0.29, 0.717) is 12.8 Å². The highest BCUT2D eigenvalue weighted by Gasteiger charge is 2.39. The van der Waals surface area contributed by atoms with E-state index in [1.807, 2.05) is 0 Å². The molecule has 1 fully saturated rings. The van der Waals surface area contributed by atoms with E-state index >= 15 is 0 Å². The molecule has 0 atom stereocenters. The van der Waals surface area contributed by atoms with Gasteiger partial charge in [-0.3, -0.25) is 4.79 Å². The van der Waals surface area contributed by atoms with Crippen LogP contribution < -0.4 is 5.32 Å². The Kier molecular flexibility index (Phi) is 3.64. The molecule has 0 aliphatic heterocycles. The third-order valence-electron chi connectivity index (χ3n) is 2.24. The van der Waals surface area contributed by atoms with Gasteiger partial charge in [0.1, 0.15) is 5.88 Å². The minimum atomic E-state index is -4.09. The summed E-state index contributed by atoms with van der Waals surface area (Å²) < 4.78 is 35.6. The van der Waals surface area contributed by atoms with E-state index in [0.717, 1.165) is 0 Å². The van der Waals surface area contributed by atoms with Gasteiger partial charge in [-0.25, -0.2) is 0 Å². The van der Waals surface area contributed by atoms with Crippen LogP contribution in [0.5, 0.6) is 0 Å². The molecule has 1 aliphatic rings. The first-order valence-corrected chi connectivity index (χ1v) is 4.86. The van der Waals surface area contributed by atoms with E-state index in [2.05, 4.69) is 5.32 Å². The fourth-order valence-corrected chi connectivity index (χ4v) is 1.69. The fourth-order valence-electron chi connectivity index (χ4n) is 1.61. The molecular weight excluding hydrogens is 219 g/mol. The van der Waals surface area contributed by atoms with Crippen LogP contribution in [0.3, 0.4) is 0 Å². The number of halogens is 4. The Morgan fingerprint density at radius 3 is 2.43 bits per heavy atom. The van der Waals surface area contributed by atoms with E-state index < -0.39 is 12.6 Å². The Hall–Kier alpha value is -0.450. The topological polar surface area (TPSA) is 29.1 Å². The normalized spacial score (nSPS) is 26.9. The van der Waals surface area contributed by atoms with Gasteiger partial charge in [0.05, 0.1) is 0 Å². The van der Waals surface area contributed by atoms with Crippen LogP contribution in [0, 0.1) is 5.92 Å². The first-order chi connectivity index (χ1) is 6.40. The van der Waals surface area contributed by atoms with E-state index in [9.17, 15) is 18.0 Å². The summed E-state index contributed by atoms with van der Waals surface area (Å²) in [6.45, 7) is 0. The molecule has 1 N–H and O–H groups in total. The van der Waals surface area contributed by atoms with E-state index in [-0.39, 0.29) is 23.7 Å². The van der Waals surface area contributed by atoms with Crippen molar-refractivity contribution in [3.8, 4) is 0 Å². The van der Waals surface area contributed by atoms with Gasteiger partial charge >= 0.3 is 6.18 Å². The van der Waals surface area contributed by atoms with Gasteiger partial charge in [-0.2, -0.15) is 13.2 Å². The zero-order valence-corrected chi connectivity index (χ0v) is 8.16. The highest BCUT2D eigenvalue weighted by Crippen LogP contribution is 2.37. The van der Waals surface area contributed by atoms with Gasteiger partial charge in [0.25, 0.3) is 0 Å². The highest BCUT2D eigenvalue weighted by atomic mass is 35.5. The lowest BCUT2D eigenvalue weighted by Gasteiger charge is -2.36. The van der Waals surface area contributed by atoms with Crippen LogP contribution in [0.25, 0.3) is 0 Å². The lowest BCUT2D eigenvalue weighted by atomic mass is 9.78. The van der Waals surface area contributed by atoms with Crippen LogP contribution in [-0.4, -0.2) is 24.0 Å². The van der Waals surface area contributed by atoms with Gasteiger partial charge in [0, 0.05) is 12.5 Å². The molecule has 0 bridgehead atoms. The molecule has 0 aromatic carbocycles. The summed E-state index contributed by atoms with van der Waals surface area (Å²) in [5.41, 5.74) is 0. The summed E-state index contributed by atoms with van der Waals surface area (Å²) in [4.78, 5) is 10.7. The number of hydrogen-bond acceptors (Lipinski definition) is 1. The maximum Gasteiger partial charge on any atom is 0.389 e. The monoisotopic (exact) mass is 229 g/mol. The van der Waals surface area contributed by atoms with Crippen LogP contribution in [0.15, 0.2) is 0 Å². The smallest absolute Gasteiger partial charge is 0.352 e. The molecule has 6 heteroatoms. The van der Waals surface area contributed by atoms with Crippen LogP contribution in [0.4, 0.5) is 13.2 Å². The Bertz CT molecular complexity index is 213. The third-order valence-corrected chi connectivity index (χ3v) is 2.49. The minimum absolute atomic E-state index is 0.117. The highest BCUT2D eigenvalue weighted by molar-refractivity contribution is 6.27. The molecule has 1 amide bonds.